The van der Waals surface area contributed by atoms with E-state index in [1.165, 1.54) is 4.88 Å². The molecule has 10 heteroatoms. The fourth-order valence-corrected chi connectivity index (χ4v) is 5.75. The van der Waals surface area contributed by atoms with E-state index >= 15 is 0 Å². The van der Waals surface area contributed by atoms with Gasteiger partial charge in [0.05, 0.1) is 38.0 Å². The Morgan fingerprint density at radius 1 is 1.15 bits per heavy atom. The van der Waals surface area contributed by atoms with Crippen LogP contribution < -0.4 is 20.3 Å². The third kappa shape index (κ3) is 8.33. The van der Waals surface area contributed by atoms with E-state index in [9.17, 15) is 4.79 Å². The van der Waals surface area contributed by atoms with Crippen LogP contribution in [0.4, 0.5) is 22.0 Å². The van der Waals surface area contributed by atoms with Crippen molar-refractivity contribution in [2.45, 2.75) is 58.4 Å². The maximum atomic E-state index is 12.4. The molecule has 2 N–H and O–H groups in total. The third-order valence-electron chi connectivity index (χ3n) is 7.48. The van der Waals surface area contributed by atoms with Gasteiger partial charge in [0.15, 0.2) is 0 Å². The van der Waals surface area contributed by atoms with Gasteiger partial charge in [0.2, 0.25) is 0 Å². The first-order valence-corrected chi connectivity index (χ1v) is 15.5. The summed E-state index contributed by atoms with van der Waals surface area (Å²) in [6.45, 7) is 7.92. The number of benzene rings is 1. The average Bonchev–Trinajstić information content (AvgIpc) is 3.73. The molecule has 41 heavy (non-hydrogen) atoms. The van der Waals surface area contributed by atoms with Crippen LogP contribution in [0.15, 0.2) is 36.5 Å². The molecule has 1 saturated heterocycles. The monoisotopic (exact) mass is 579 g/mol. The molecule has 3 aromatic rings. The zero-order valence-electron chi connectivity index (χ0n) is 24.3. The molecule has 5 rings (SSSR count). The molecule has 1 unspecified atom stereocenters. The number of nitrogens with zero attached hydrogens (tertiary/aromatic N) is 3. The highest BCUT2D eigenvalue weighted by molar-refractivity contribution is 7.11. The number of amides is 1. The number of aromatic nitrogens is 2. The molecule has 3 heterocycles. The van der Waals surface area contributed by atoms with Crippen LogP contribution in [0.5, 0.6) is 5.75 Å². The third-order valence-corrected chi connectivity index (χ3v) is 8.68. The molecule has 1 amide bonds. The molecule has 220 valence electrons. The van der Waals surface area contributed by atoms with E-state index in [1.54, 1.807) is 18.4 Å². The van der Waals surface area contributed by atoms with Crippen molar-refractivity contribution in [1.82, 2.24) is 9.97 Å². The van der Waals surface area contributed by atoms with E-state index < -0.39 is 6.09 Å². The molecule has 1 atom stereocenters. The molecule has 1 aliphatic heterocycles. The van der Waals surface area contributed by atoms with Gasteiger partial charge in [0.25, 0.3) is 0 Å². The standard InChI is InChI=1S/C31H41N5O4S/c1-4-27-19-32-30(41-27)9-8-23-16-25(36-10-12-39-13-11-36)18-29(33-23)35-28(5-2)22-14-24(17-26(15-22)38-3)34-31(37)40-20-21-6-7-21/h14-19,21,28H,4-13,20H2,1-3H3,(H,33,35)(H,34,37). The van der Waals surface area contributed by atoms with Gasteiger partial charge >= 0.3 is 6.09 Å². The smallest absolute Gasteiger partial charge is 0.411 e. The molecule has 2 fully saturated rings. The fourth-order valence-electron chi connectivity index (χ4n) is 4.88. The summed E-state index contributed by atoms with van der Waals surface area (Å²) in [5.74, 6) is 2.01. The van der Waals surface area contributed by atoms with E-state index in [1.807, 2.05) is 24.4 Å². The molecule has 9 nitrogen and oxygen atoms in total. The number of nitrogens with one attached hydrogen (secondary N) is 2. The van der Waals surface area contributed by atoms with Crippen molar-refractivity contribution in [3.63, 3.8) is 0 Å². The van der Waals surface area contributed by atoms with Crippen molar-refractivity contribution < 1.29 is 19.0 Å². The molecular formula is C31H41N5O4S. The number of rotatable bonds is 13. The molecule has 2 aromatic heterocycles. The zero-order chi connectivity index (χ0) is 28.6. The first-order valence-electron chi connectivity index (χ1n) is 14.7. The Bertz CT molecular complexity index is 1310. The van der Waals surface area contributed by atoms with E-state index in [4.69, 9.17) is 19.2 Å². The lowest BCUT2D eigenvalue weighted by molar-refractivity contribution is 0.122. The normalized spacial score (nSPS) is 15.8. The van der Waals surface area contributed by atoms with Gasteiger partial charge < -0.3 is 24.4 Å². The van der Waals surface area contributed by atoms with E-state index in [0.29, 0.717) is 24.0 Å². The lowest BCUT2D eigenvalue weighted by Crippen LogP contribution is -2.36. The summed E-state index contributed by atoms with van der Waals surface area (Å²) in [5.41, 5.74) is 3.83. The van der Waals surface area contributed by atoms with Crippen LogP contribution in [0.2, 0.25) is 0 Å². The number of carbonyl (C=O) groups is 1. The predicted molar refractivity (Wildman–Crippen MR) is 164 cm³/mol. The molecule has 1 saturated carbocycles. The molecule has 2 aliphatic rings. The minimum Gasteiger partial charge on any atom is -0.497 e. The van der Waals surface area contributed by atoms with Gasteiger partial charge in [-0.15, -0.1) is 11.3 Å². The predicted octanol–water partition coefficient (Wildman–Crippen LogP) is 6.25. The Morgan fingerprint density at radius 3 is 2.68 bits per heavy atom. The Balaban J connectivity index is 1.35. The Labute approximate surface area is 246 Å². The summed E-state index contributed by atoms with van der Waals surface area (Å²) in [5, 5.41) is 7.70. The molecule has 0 spiro atoms. The lowest BCUT2D eigenvalue weighted by Gasteiger charge is -2.30. The van der Waals surface area contributed by atoms with Gasteiger partial charge in [-0.2, -0.15) is 0 Å². The molecule has 0 radical (unpaired) electrons. The Morgan fingerprint density at radius 2 is 1.98 bits per heavy atom. The van der Waals surface area contributed by atoms with E-state index in [-0.39, 0.29) is 6.04 Å². The van der Waals surface area contributed by atoms with Crippen molar-refractivity contribution in [3.05, 3.63) is 57.7 Å². The fraction of sp³-hybridized carbons (Fsp3) is 0.516. The van der Waals surface area contributed by atoms with Crippen LogP contribution in [0.25, 0.3) is 0 Å². The lowest BCUT2D eigenvalue weighted by atomic mass is 10.0. The summed E-state index contributed by atoms with van der Waals surface area (Å²) in [6, 6.07) is 10.1. The van der Waals surface area contributed by atoms with Gasteiger partial charge in [-0.05, 0) is 61.8 Å². The second-order valence-corrected chi connectivity index (χ2v) is 11.8. The number of aryl methyl sites for hydroxylation is 3. The Kier molecular flexibility index (Phi) is 9.95. The van der Waals surface area contributed by atoms with Gasteiger partial charge in [-0.1, -0.05) is 13.8 Å². The van der Waals surface area contributed by atoms with Crippen molar-refractivity contribution in [2.24, 2.45) is 5.92 Å². The summed E-state index contributed by atoms with van der Waals surface area (Å²) < 4.78 is 16.6. The SMILES string of the molecule is CCc1cnc(CCc2cc(N3CCOCC3)cc(NC(CC)c3cc(NC(=O)OCC4CC4)cc(OC)c3)n2)s1. The van der Waals surface area contributed by atoms with Gasteiger partial charge in [0, 0.05) is 59.8 Å². The van der Waals surface area contributed by atoms with E-state index in [2.05, 4.69) is 46.5 Å². The van der Waals surface area contributed by atoms with E-state index in [0.717, 1.165) is 92.6 Å². The van der Waals surface area contributed by atoms with Crippen LogP contribution in [0, 0.1) is 5.92 Å². The summed E-state index contributed by atoms with van der Waals surface area (Å²) in [7, 11) is 1.63. The molecular weight excluding hydrogens is 538 g/mol. The largest absolute Gasteiger partial charge is 0.497 e. The maximum absolute atomic E-state index is 12.4. The number of hydrogen-bond donors (Lipinski definition) is 2. The van der Waals surface area contributed by atoms with Crippen molar-refractivity contribution in [1.29, 1.82) is 0 Å². The minimum absolute atomic E-state index is 0.0421. The quantitative estimate of drug-likeness (QED) is 0.245. The first kappa shape index (κ1) is 29.1. The van der Waals surface area contributed by atoms with Crippen LogP contribution in [-0.4, -0.2) is 56.1 Å². The highest BCUT2D eigenvalue weighted by Crippen LogP contribution is 2.32. The number of hydrogen-bond acceptors (Lipinski definition) is 9. The van der Waals surface area contributed by atoms with Crippen molar-refractivity contribution in [2.75, 3.05) is 55.6 Å². The van der Waals surface area contributed by atoms with Gasteiger partial charge in [-0.25, -0.2) is 14.8 Å². The molecule has 1 aromatic carbocycles. The molecule has 1 aliphatic carbocycles. The number of ether oxygens (including phenoxy) is 3. The van der Waals surface area contributed by atoms with Crippen molar-refractivity contribution in [3.8, 4) is 5.75 Å². The van der Waals surface area contributed by atoms with Crippen LogP contribution in [0.3, 0.4) is 0 Å². The first-order chi connectivity index (χ1) is 20.0. The molecule has 0 bridgehead atoms. The number of methoxy groups -OCH3 is 1. The number of thiazole rings is 1. The number of morpholine rings is 1. The highest BCUT2D eigenvalue weighted by atomic mass is 32.1. The van der Waals surface area contributed by atoms with Crippen LogP contribution >= 0.6 is 11.3 Å². The summed E-state index contributed by atoms with van der Waals surface area (Å²) >= 11 is 1.78. The van der Waals surface area contributed by atoms with Crippen LogP contribution in [-0.2, 0) is 28.7 Å². The minimum atomic E-state index is -0.437. The average molecular weight is 580 g/mol. The highest BCUT2D eigenvalue weighted by Gasteiger charge is 2.23. The summed E-state index contributed by atoms with van der Waals surface area (Å²) in [6.07, 6.45) is 7.32. The van der Waals surface area contributed by atoms with Gasteiger partial charge in [0.1, 0.15) is 11.6 Å². The van der Waals surface area contributed by atoms with Crippen LogP contribution in [0.1, 0.15) is 60.3 Å². The van der Waals surface area contributed by atoms with Gasteiger partial charge in [-0.3, -0.25) is 5.32 Å². The topological polar surface area (TPSA) is 97.8 Å². The number of carbonyl (C=O) groups excluding carboxylic acids is 1. The summed E-state index contributed by atoms with van der Waals surface area (Å²) in [4.78, 5) is 25.7. The Hall–Kier alpha value is -3.37. The van der Waals surface area contributed by atoms with Crippen molar-refractivity contribution >= 4 is 34.6 Å². The second kappa shape index (κ2) is 14.0. The number of anilines is 3. The zero-order valence-corrected chi connectivity index (χ0v) is 25.1. The maximum Gasteiger partial charge on any atom is 0.411 e. The second-order valence-electron chi connectivity index (χ2n) is 10.6. The number of pyridine rings is 1.